The molecule has 2 bridgehead atoms. The molecule has 3 aliphatic heterocycles. The molecule has 5 aliphatic rings. The molecular formula is C43H62N2O14S5. The molecule has 15 atom stereocenters. The van der Waals surface area contributed by atoms with Crippen LogP contribution in [0, 0.1) is 23.7 Å². The number of aliphatic hydroxyl groups excluding tert-OH is 3. The van der Waals surface area contributed by atoms with Crippen molar-refractivity contribution in [1.29, 1.82) is 0 Å². The minimum atomic E-state index is -2.02. The number of ether oxygens (including phenoxy) is 8. The number of ketones is 1. The van der Waals surface area contributed by atoms with E-state index < -0.39 is 90.7 Å². The lowest BCUT2D eigenvalue weighted by atomic mass is 9.75. The van der Waals surface area contributed by atoms with Gasteiger partial charge in [0.15, 0.2) is 30.3 Å². The lowest BCUT2D eigenvalue weighted by Crippen LogP contribution is -2.71. The first-order valence-corrected chi connectivity index (χ1v) is 27.5. The Morgan fingerprint density at radius 3 is 2.47 bits per heavy atom. The Labute approximate surface area is 396 Å². The van der Waals surface area contributed by atoms with Crippen molar-refractivity contribution in [2.45, 2.75) is 142 Å². The molecule has 3 fully saturated rings. The van der Waals surface area contributed by atoms with Gasteiger partial charge < -0.3 is 63.6 Å². The Morgan fingerprint density at radius 2 is 1.83 bits per heavy atom. The summed E-state index contributed by atoms with van der Waals surface area (Å²) < 4.78 is 48.6. The highest BCUT2D eigenvalue weighted by Crippen LogP contribution is 2.47. The maximum absolute atomic E-state index is 14.0. The van der Waals surface area contributed by atoms with Gasteiger partial charge in [-0.15, -0.1) is 0 Å². The number of carbonyl (C=O) groups is 2. The lowest BCUT2D eigenvalue weighted by Gasteiger charge is -2.54. The second-order valence-corrected chi connectivity index (χ2v) is 22.5. The third-order valence-electron chi connectivity index (χ3n) is 11.6. The third kappa shape index (κ3) is 12.4. The number of amides is 1. The summed E-state index contributed by atoms with van der Waals surface area (Å²) in [5, 5.41) is 53.0. The average molecular weight is 991 g/mol. The number of hydrogen-bond acceptors (Lipinski definition) is 20. The van der Waals surface area contributed by atoms with Gasteiger partial charge >= 0.3 is 6.09 Å². The second-order valence-electron chi connectivity index (χ2n) is 15.9. The van der Waals surface area contributed by atoms with Gasteiger partial charge in [0.05, 0.1) is 72.9 Å². The van der Waals surface area contributed by atoms with E-state index in [0.717, 1.165) is 7.11 Å². The summed E-state index contributed by atoms with van der Waals surface area (Å²) in [5.41, 5.74) is -2.05. The third-order valence-corrected chi connectivity index (χ3v) is 18.1. The Morgan fingerprint density at radius 1 is 1.08 bits per heavy atom. The first-order valence-electron chi connectivity index (χ1n) is 20.9. The lowest BCUT2D eigenvalue weighted by molar-refractivity contribution is -0.338. The van der Waals surface area contributed by atoms with Crippen molar-refractivity contribution in [2.24, 2.45) is 0 Å². The first kappa shape index (κ1) is 53.5. The summed E-state index contributed by atoms with van der Waals surface area (Å²) in [5.74, 6) is 11.3. The van der Waals surface area contributed by atoms with Gasteiger partial charge in [0, 0.05) is 42.9 Å². The minimum Gasteiger partial charge on any atom is -0.453 e. The van der Waals surface area contributed by atoms with Crippen molar-refractivity contribution < 1.29 is 67.9 Å². The molecule has 0 aromatic carbocycles. The van der Waals surface area contributed by atoms with Crippen LogP contribution in [-0.4, -0.2) is 180 Å². The summed E-state index contributed by atoms with van der Waals surface area (Å²) in [4.78, 5) is 26.9. The molecule has 6 N–H and O–H groups in total. The molecule has 358 valence electrons. The SMILES string of the molecule is COC(=O)NC1=C2C(=CCSSSC)C(O)(C#CC=CC#CC2OC2OC(C)C(SC)(C(CO)OC3CC(O)C(SC)C(C)O3)C(O)C2OC2CC(OC)C(NC(C)C)CO2)CC1=O. The Kier molecular flexibility index (Phi) is 20.7. The predicted molar refractivity (Wildman–Crippen MR) is 251 cm³/mol. The summed E-state index contributed by atoms with van der Waals surface area (Å²) in [7, 11) is 7.28. The van der Waals surface area contributed by atoms with Crippen molar-refractivity contribution in [1.82, 2.24) is 10.6 Å². The number of hydrogen-bond donors (Lipinski definition) is 6. The van der Waals surface area contributed by atoms with Gasteiger partial charge in [-0.05, 0) is 54.6 Å². The molecular weight excluding hydrogens is 929 g/mol. The summed E-state index contributed by atoms with van der Waals surface area (Å²) in [6, 6.07) is -0.0283. The standard InChI is InChI=1S/C43H62N2O14S5/c1-23(2)44-27-22-54-33(19-31(27)52-5)59-37-39(49)43(61-8,32(21-46)58-34-18-28(47)38(60-7)24(3)55-34)25(4)56-40(37)57-30-14-12-10-11-13-16-42(51)20-29(48)36(45-41(50)53-6)35(30)26(42)15-17-63-64-62-9/h10-11,15,23-25,27-28,30-34,37-40,44,46-47,49,51H,17-22H2,1-9H3,(H,45,50). The molecule has 16 nitrogen and oxygen atoms in total. The van der Waals surface area contributed by atoms with Gasteiger partial charge in [0.1, 0.15) is 24.4 Å². The van der Waals surface area contributed by atoms with E-state index in [2.05, 4.69) is 34.3 Å². The smallest absolute Gasteiger partial charge is 0.411 e. The van der Waals surface area contributed by atoms with Crippen LogP contribution in [0.1, 0.15) is 47.0 Å². The highest BCUT2D eigenvalue weighted by Gasteiger charge is 2.61. The van der Waals surface area contributed by atoms with Crippen molar-refractivity contribution in [3.63, 3.8) is 0 Å². The zero-order valence-corrected chi connectivity index (χ0v) is 41.6. The van der Waals surface area contributed by atoms with E-state index in [-0.39, 0.29) is 65.8 Å². The number of rotatable bonds is 18. The Balaban J connectivity index is 1.61. The monoisotopic (exact) mass is 990 g/mol. The van der Waals surface area contributed by atoms with Crippen LogP contribution in [0.25, 0.3) is 0 Å². The van der Waals surface area contributed by atoms with Gasteiger partial charge in [0.2, 0.25) is 0 Å². The summed E-state index contributed by atoms with van der Waals surface area (Å²) in [6.45, 7) is 7.22. The van der Waals surface area contributed by atoms with Crippen LogP contribution in [0.15, 0.2) is 35.1 Å². The molecule has 0 saturated carbocycles. The number of fused-ring (bicyclic) bond motifs is 2. The highest BCUT2D eigenvalue weighted by molar-refractivity contribution is 9.09. The number of Topliss-reactive ketones (excluding diaryl/α,β-unsaturated/α-hetero) is 1. The number of allylic oxidation sites excluding steroid dienone is 3. The second kappa shape index (κ2) is 24.7. The molecule has 64 heavy (non-hydrogen) atoms. The Hall–Kier alpha value is -1.45. The molecule has 21 heteroatoms. The van der Waals surface area contributed by atoms with E-state index in [1.54, 1.807) is 26.4 Å². The molecule has 5 rings (SSSR count). The van der Waals surface area contributed by atoms with Crippen LogP contribution < -0.4 is 10.6 Å². The van der Waals surface area contributed by atoms with Crippen molar-refractivity contribution in [3.05, 3.63) is 35.1 Å². The number of aliphatic hydroxyl groups is 4. The molecule has 0 aromatic heterocycles. The summed E-state index contributed by atoms with van der Waals surface area (Å²) in [6.07, 6.45) is -2.18. The molecule has 1 amide bonds. The van der Waals surface area contributed by atoms with Crippen LogP contribution in [0.2, 0.25) is 0 Å². The zero-order valence-electron chi connectivity index (χ0n) is 37.5. The molecule has 0 spiro atoms. The van der Waals surface area contributed by atoms with E-state index in [0.29, 0.717) is 5.75 Å². The molecule has 2 aliphatic carbocycles. The van der Waals surface area contributed by atoms with Crippen LogP contribution in [-0.2, 0) is 42.7 Å². The largest absolute Gasteiger partial charge is 0.453 e. The van der Waals surface area contributed by atoms with E-state index in [9.17, 15) is 30.0 Å². The maximum atomic E-state index is 14.0. The number of nitrogens with one attached hydrogen (secondary N) is 2. The van der Waals surface area contributed by atoms with Crippen LogP contribution in [0.4, 0.5) is 4.79 Å². The highest BCUT2D eigenvalue weighted by atomic mass is 33.5. The number of alkyl carbamates (subject to hydrolysis) is 1. The van der Waals surface area contributed by atoms with Crippen molar-refractivity contribution >= 4 is 66.8 Å². The van der Waals surface area contributed by atoms with Crippen molar-refractivity contribution in [2.75, 3.05) is 52.0 Å². The van der Waals surface area contributed by atoms with E-state index in [1.807, 2.05) is 33.3 Å². The fourth-order valence-electron chi connectivity index (χ4n) is 8.68. The zero-order chi connectivity index (χ0) is 46.8. The number of thioether (sulfide) groups is 2. The normalized spacial score (nSPS) is 37.7. The predicted octanol–water partition coefficient (Wildman–Crippen LogP) is 3.17. The molecule has 15 unspecified atom stereocenters. The molecule has 3 heterocycles. The minimum absolute atomic E-state index is 0.0143. The van der Waals surface area contributed by atoms with E-state index >= 15 is 0 Å². The van der Waals surface area contributed by atoms with Gasteiger partial charge in [0.25, 0.3) is 0 Å². The van der Waals surface area contributed by atoms with Gasteiger partial charge in [-0.3, -0.25) is 10.1 Å². The Bertz CT molecular complexity index is 1820. The molecule has 0 radical (unpaired) electrons. The average Bonchev–Trinajstić information content (AvgIpc) is 3.25. The van der Waals surface area contributed by atoms with Crippen LogP contribution >= 0.6 is 54.9 Å². The van der Waals surface area contributed by atoms with Gasteiger partial charge in [-0.1, -0.05) is 65.2 Å². The maximum Gasteiger partial charge on any atom is 0.411 e. The van der Waals surface area contributed by atoms with Crippen LogP contribution in [0.5, 0.6) is 0 Å². The fourth-order valence-corrected chi connectivity index (χ4v) is 13.1. The topological polar surface area (TPSA) is 213 Å². The fraction of sp³-hybridized carbons (Fsp3) is 0.721. The first-order chi connectivity index (χ1) is 30.6. The quantitative estimate of drug-likeness (QED) is 0.0662. The van der Waals surface area contributed by atoms with Crippen LogP contribution in [0.3, 0.4) is 0 Å². The van der Waals surface area contributed by atoms with Gasteiger partial charge in [-0.2, -0.15) is 23.5 Å². The number of carbonyl (C=O) groups excluding carboxylic acids is 2. The molecule has 0 aromatic rings. The number of methoxy groups -OCH3 is 2. The van der Waals surface area contributed by atoms with E-state index in [1.165, 1.54) is 67.1 Å². The summed E-state index contributed by atoms with van der Waals surface area (Å²) >= 11 is 2.69. The molecule has 3 saturated heterocycles. The van der Waals surface area contributed by atoms with Gasteiger partial charge in [-0.25, -0.2) is 4.79 Å². The van der Waals surface area contributed by atoms with E-state index in [4.69, 9.17) is 37.9 Å². The van der Waals surface area contributed by atoms with Crippen molar-refractivity contribution in [3.8, 4) is 23.7 Å².